The first kappa shape index (κ1) is 33.2. The first-order chi connectivity index (χ1) is 29.2. The Labute approximate surface area is 339 Å². The third kappa shape index (κ3) is 5.73. The highest BCUT2D eigenvalue weighted by Crippen LogP contribution is 2.44. The summed E-state index contributed by atoms with van der Waals surface area (Å²) in [4.78, 5) is 15.3. The summed E-state index contributed by atoms with van der Waals surface area (Å²) >= 11 is 0. The van der Waals surface area contributed by atoms with Crippen LogP contribution in [0.1, 0.15) is 0 Å². The maximum Gasteiger partial charge on any atom is 0.164 e. The van der Waals surface area contributed by atoms with Gasteiger partial charge in [-0.3, -0.25) is 0 Å². The molecule has 0 saturated heterocycles. The molecule has 0 unspecified atom stereocenters. The van der Waals surface area contributed by atoms with Gasteiger partial charge in [0.15, 0.2) is 17.5 Å². The van der Waals surface area contributed by atoms with Crippen LogP contribution in [0.25, 0.3) is 121 Å². The topological polar surface area (TPSA) is 51.8 Å². The van der Waals surface area contributed by atoms with Crippen LogP contribution in [0.4, 0.5) is 0 Å². The second-order valence-corrected chi connectivity index (χ2v) is 15.2. The van der Waals surface area contributed by atoms with E-state index in [-0.39, 0.29) is 0 Å². The van der Waals surface area contributed by atoms with Crippen LogP contribution in [-0.2, 0) is 0 Å². The Morgan fingerprint density at radius 3 is 1.22 bits per heavy atom. The molecule has 4 nitrogen and oxygen atoms in total. The molecule has 0 fully saturated rings. The van der Waals surface area contributed by atoms with Crippen molar-refractivity contribution in [2.75, 3.05) is 0 Å². The van der Waals surface area contributed by atoms with Gasteiger partial charge >= 0.3 is 0 Å². The first-order valence-electron chi connectivity index (χ1n) is 19.9. The van der Waals surface area contributed by atoms with Crippen molar-refractivity contribution < 1.29 is 4.42 Å². The maximum atomic E-state index is 6.43. The number of hydrogen-bond acceptors (Lipinski definition) is 4. The van der Waals surface area contributed by atoms with Crippen LogP contribution >= 0.6 is 0 Å². The third-order valence-electron chi connectivity index (χ3n) is 11.6. The van der Waals surface area contributed by atoms with E-state index in [1.807, 2.05) is 6.07 Å². The van der Waals surface area contributed by atoms with E-state index >= 15 is 0 Å². The van der Waals surface area contributed by atoms with Crippen molar-refractivity contribution in [3.63, 3.8) is 0 Å². The molecule has 59 heavy (non-hydrogen) atoms. The van der Waals surface area contributed by atoms with E-state index in [1.165, 1.54) is 32.7 Å². The summed E-state index contributed by atoms with van der Waals surface area (Å²) in [7, 11) is 0. The number of aromatic nitrogens is 3. The lowest BCUT2D eigenvalue weighted by Crippen LogP contribution is -2.00. The van der Waals surface area contributed by atoms with Gasteiger partial charge in [-0.05, 0) is 102 Å². The Kier molecular flexibility index (Phi) is 7.50. The molecule has 0 aliphatic heterocycles. The van der Waals surface area contributed by atoms with Crippen molar-refractivity contribution >= 4 is 65.0 Å². The summed E-state index contributed by atoms with van der Waals surface area (Å²) in [5, 5.41) is 11.5. The molecule has 4 heteroatoms. The summed E-state index contributed by atoms with van der Waals surface area (Å²) in [6, 6.07) is 70.8. The number of para-hydroxylation sites is 1. The van der Waals surface area contributed by atoms with Crippen molar-refractivity contribution in [2.24, 2.45) is 0 Å². The summed E-state index contributed by atoms with van der Waals surface area (Å²) in [5.74, 6) is 1.91. The molecule has 0 bridgehead atoms. The molecule has 0 aliphatic carbocycles. The number of furan rings is 1. The SMILES string of the molecule is c1ccc2cc(-c3nc(-c4ccc5ccccc5c4)nc(-c4ccc5cc(-c6c(-c7ccc8ccccc8c7)ccc7oc8ccccc8c67)ccc5c4)n3)ccc2c1. The fraction of sp³-hybridized carbons (Fsp3) is 0. The molecule has 12 rings (SSSR count). The minimum Gasteiger partial charge on any atom is -0.456 e. The van der Waals surface area contributed by atoms with Crippen molar-refractivity contribution in [3.8, 4) is 56.4 Å². The van der Waals surface area contributed by atoms with Gasteiger partial charge in [-0.2, -0.15) is 0 Å². The Morgan fingerprint density at radius 2 is 0.678 bits per heavy atom. The van der Waals surface area contributed by atoms with Gasteiger partial charge in [0.05, 0.1) is 0 Å². The minimum absolute atomic E-state index is 0.630. The predicted molar refractivity (Wildman–Crippen MR) is 244 cm³/mol. The highest BCUT2D eigenvalue weighted by atomic mass is 16.3. The number of rotatable bonds is 5. The standard InChI is InChI=1S/C55H33N3O/c1-4-12-37-29-42(22-17-34(37)9-1)47-27-28-50-52(48-15-7-8-16-49(48)59-50)51(47)43-23-20-41-33-46(26-21-40(41)30-43)55-57-53(44-24-18-35-10-2-5-13-38(35)31-44)56-54(58-55)45-25-19-36-11-3-6-14-39(36)32-45/h1-33H. The summed E-state index contributed by atoms with van der Waals surface area (Å²) in [5.41, 5.74) is 9.20. The lowest BCUT2D eigenvalue weighted by molar-refractivity contribution is 0.669. The van der Waals surface area contributed by atoms with Crippen LogP contribution < -0.4 is 0 Å². The van der Waals surface area contributed by atoms with E-state index in [2.05, 4.69) is 194 Å². The van der Waals surface area contributed by atoms with Crippen LogP contribution in [-0.4, -0.2) is 15.0 Å². The molecule has 0 amide bonds. The Hall–Kier alpha value is -7.95. The number of nitrogens with zero attached hydrogens (tertiary/aromatic N) is 3. The van der Waals surface area contributed by atoms with E-state index in [0.717, 1.165) is 71.3 Å². The molecule has 0 N–H and O–H groups in total. The molecule has 10 aromatic carbocycles. The smallest absolute Gasteiger partial charge is 0.164 e. The van der Waals surface area contributed by atoms with Crippen molar-refractivity contribution in [2.45, 2.75) is 0 Å². The number of fused-ring (bicyclic) bond motifs is 7. The molecular weight excluding hydrogens is 719 g/mol. The lowest BCUT2D eigenvalue weighted by Gasteiger charge is -2.14. The fourth-order valence-corrected chi connectivity index (χ4v) is 8.67. The third-order valence-corrected chi connectivity index (χ3v) is 11.6. The van der Waals surface area contributed by atoms with Gasteiger partial charge in [0.25, 0.3) is 0 Å². The summed E-state index contributed by atoms with van der Waals surface area (Å²) in [6.45, 7) is 0. The predicted octanol–water partition coefficient (Wildman–Crippen LogP) is 14.7. The summed E-state index contributed by atoms with van der Waals surface area (Å²) in [6.07, 6.45) is 0. The molecule has 0 aliphatic rings. The Morgan fingerprint density at radius 1 is 0.288 bits per heavy atom. The average molecular weight is 752 g/mol. The van der Waals surface area contributed by atoms with Gasteiger partial charge in [-0.15, -0.1) is 0 Å². The van der Waals surface area contributed by atoms with Crippen LogP contribution in [0.2, 0.25) is 0 Å². The molecule has 2 aromatic heterocycles. The van der Waals surface area contributed by atoms with Gasteiger partial charge < -0.3 is 4.42 Å². The van der Waals surface area contributed by atoms with E-state index in [0.29, 0.717) is 17.5 Å². The number of benzene rings is 10. The first-order valence-corrected chi connectivity index (χ1v) is 19.9. The van der Waals surface area contributed by atoms with E-state index < -0.39 is 0 Å². The van der Waals surface area contributed by atoms with Crippen molar-refractivity contribution in [3.05, 3.63) is 200 Å². The highest BCUT2D eigenvalue weighted by Gasteiger charge is 2.19. The van der Waals surface area contributed by atoms with Crippen LogP contribution in [0.3, 0.4) is 0 Å². The minimum atomic E-state index is 0.630. The summed E-state index contributed by atoms with van der Waals surface area (Å²) < 4.78 is 6.43. The second-order valence-electron chi connectivity index (χ2n) is 15.2. The normalized spacial score (nSPS) is 11.7. The zero-order valence-corrected chi connectivity index (χ0v) is 31.8. The zero-order chi connectivity index (χ0) is 38.9. The molecular formula is C55H33N3O. The molecule has 12 aromatic rings. The van der Waals surface area contributed by atoms with Crippen molar-refractivity contribution in [1.29, 1.82) is 0 Å². The van der Waals surface area contributed by atoms with E-state index in [1.54, 1.807) is 0 Å². The quantitative estimate of drug-likeness (QED) is 0.176. The largest absolute Gasteiger partial charge is 0.456 e. The van der Waals surface area contributed by atoms with Crippen LogP contribution in [0.15, 0.2) is 205 Å². The number of hydrogen-bond donors (Lipinski definition) is 0. The van der Waals surface area contributed by atoms with E-state index in [4.69, 9.17) is 19.4 Å². The second kappa shape index (κ2) is 13.3. The molecule has 0 saturated carbocycles. The highest BCUT2D eigenvalue weighted by molar-refractivity contribution is 6.16. The Bertz CT molecular complexity index is 3540. The molecule has 0 spiro atoms. The lowest BCUT2D eigenvalue weighted by atomic mass is 9.89. The monoisotopic (exact) mass is 751 g/mol. The maximum absolute atomic E-state index is 6.43. The van der Waals surface area contributed by atoms with Gasteiger partial charge in [-0.1, -0.05) is 158 Å². The fourth-order valence-electron chi connectivity index (χ4n) is 8.67. The molecule has 0 atom stereocenters. The Balaban J connectivity index is 1.01. The molecule has 274 valence electrons. The molecule has 0 radical (unpaired) electrons. The molecule has 2 heterocycles. The van der Waals surface area contributed by atoms with E-state index in [9.17, 15) is 0 Å². The van der Waals surface area contributed by atoms with Crippen molar-refractivity contribution in [1.82, 2.24) is 15.0 Å². The van der Waals surface area contributed by atoms with Gasteiger partial charge in [0, 0.05) is 33.0 Å². The zero-order valence-electron chi connectivity index (χ0n) is 31.8. The van der Waals surface area contributed by atoms with Gasteiger partial charge in [-0.25, -0.2) is 15.0 Å². The van der Waals surface area contributed by atoms with Gasteiger partial charge in [0.1, 0.15) is 11.2 Å². The average Bonchev–Trinajstić information content (AvgIpc) is 3.69. The van der Waals surface area contributed by atoms with Gasteiger partial charge in [0.2, 0.25) is 0 Å². The van der Waals surface area contributed by atoms with Crippen LogP contribution in [0.5, 0.6) is 0 Å². The van der Waals surface area contributed by atoms with Crippen LogP contribution in [0, 0.1) is 0 Å².